The second kappa shape index (κ2) is 10.1. The van der Waals surface area contributed by atoms with Crippen molar-refractivity contribution >= 4 is 5.96 Å². The molecule has 7 nitrogen and oxygen atoms in total. The molecule has 2 atom stereocenters. The number of hydrogen-bond donors (Lipinski definition) is 2. The van der Waals surface area contributed by atoms with Crippen LogP contribution in [0.15, 0.2) is 35.3 Å². The first-order valence-electron chi connectivity index (χ1n) is 11.2. The zero-order valence-electron chi connectivity index (χ0n) is 19.4. The van der Waals surface area contributed by atoms with Crippen molar-refractivity contribution in [1.82, 2.24) is 10.6 Å². The number of rotatable bonds is 7. The summed E-state index contributed by atoms with van der Waals surface area (Å²) in [6, 6.07) is 10.4. The molecule has 0 aromatic heterocycles. The predicted octanol–water partition coefficient (Wildman–Crippen LogP) is 3.36. The molecule has 172 valence electrons. The number of aliphatic imine (C=N–C) groups is 1. The molecule has 0 spiro atoms. The lowest BCUT2D eigenvalue weighted by molar-refractivity contribution is 0.140. The maximum atomic E-state index is 6.21. The van der Waals surface area contributed by atoms with E-state index in [2.05, 4.69) is 59.8 Å². The number of methoxy groups -OCH3 is 1. The van der Waals surface area contributed by atoms with Gasteiger partial charge in [0, 0.05) is 49.7 Å². The van der Waals surface area contributed by atoms with E-state index in [0.717, 1.165) is 47.8 Å². The molecule has 0 amide bonds. The van der Waals surface area contributed by atoms with Gasteiger partial charge in [0.2, 0.25) is 0 Å². The summed E-state index contributed by atoms with van der Waals surface area (Å²) in [4.78, 5) is 4.37. The Kier molecular flexibility index (Phi) is 7.05. The predicted molar refractivity (Wildman–Crippen MR) is 125 cm³/mol. The summed E-state index contributed by atoms with van der Waals surface area (Å²) in [5.41, 5.74) is 4.48. The summed E-state index contributed by atoms with van der Waals surface area (Å²) in [6.45, 7) is 6.74. The highest BCUT2D eigenvalue weighted by molar-refractivity contribution is 5.79. The summed E-state index contributed by atoms with van der Waals surface area (Å²) in [7, 11) is 3.47. The van der Waals surface area contributed by atoms with E-state index in [1.54, 1.807) is 14.2 Å². The SMILES string of the molecule is CN=C(NCc1cc2c(cc1OC)CC(C)O2)NCc1ccc(C)cc1OC1CCOC1. The zero-order valence-corrected chi connectivity index (χ0v) is 19.4. The van der Waals surface area contributed by atoms with Gasteiger partial charge in [0.15, 0.2) is 5.96 Å². The second-order valence-electron chi connectivity index (χ2n) is 8.40. The molecule has 7 heteroatoms. The monoisotopic (exact) mass is 439 g/mol. The minimum absolute atomic E-state index is 0.116. The lowest BCUT2D eigenvalue weighted by Crippen LogP contribution is -2.36. The van der Waals surface area contributed by atoms with Crippen LogP contribution in [0.3, 0.4) is 0 Å². The second-order valence-corrected chi connectivity index (χ2v) is 8.40. The van der Waals surface area contributed by atoms with Crippen molar-refractivity contribution in [3.8, 4) is 17.2 Å². The Morgan fingerprint density at radius 1 is 1.12 bits per heavy atom. The van der Waals surface area contributed by atoms with Gasteiger partial charge in [-0.25, -0.2) is 0 Å². The summed E-state index contributed by atoms with van der Waals surface area (Å²) in [6.07, 6.45) is 2.16. The Balaban J connectivity index is 1.39. The number of nitrogens with zero attached hydrogens (tertiary/aromatic N) is 1. The van der Waals surface area contributed by atoms with Crippen molar-refractivity contribution < 1.29 is 18.9 Å². The van der Waals surface area contributed by atoms with E-state index in [4.69, 9.17) is 18.9 Å². The Morgan fingerprint density at radius 3 is 2.66 bits per heavy atom. The average molecular weight is 440 g/mol. The van der Waals surface area contributed by atoms with Gasteiger partial charge >= 0.3 is 0 Å². The molecule has 4 rings (SSSR count). The maximum absolute atomic E-state index is 6.21. The molecule has 2 N–H and O–H groups in total. The maximum Gasteiger partial charge on any atom is 0.191 e. The van der Waals surface area contributed by atoms with Gasteiger partial charge in [-0.05, 0) is 37.6 Å². The number of hydrogen-bond acceptors (Lipinski definition) is 5. The van der Waals surface area contributed by atoms with Crippen LogP contribution in [0.2, 0.25) is 0 Å². The molecule has 2 aliphatic heterocycles. The van der Waals surface area contributed by atoms with Crippen molar-refractivity contribution in [2.24, 2.45) is 4.99 Å². The Morgan fingerprint density at radius 2 is 1.94 bits per heavy atom. The van der Waals surface area contributed by atoms with Crippen molar-refractivity contribution in [3.63, 3.8) is 0 Å². The van der Waals surface area contributed by atoms with Crippen molar-refractivity contribution in [3.05, 3.63) is 52.6 Å². The average Bonchev–Trinajstić information content (AvgIpc) is 3.42. The molecule has 32 heavy (non-hydrogen) atoms. The fraction of sp³-hybridized carbons (Fsp3) is 0.480. The van der Waals surface area contributed by atoms with Gasteiger partial charge in [-0.3, -0.25) is 4.99 Å². The number of benzene rings is 2. The first kappa shape index (κ1) is 22.3. The summed E-state index contributed by atoms with van der Waals surface area (Å²) in [5, 5.41) is 6.77. The Labute approximate surface area is 190 Å². The van der Waals surface area contributed by atoms with E-state index in [0.29, 0.717) is 25.7 Å². The topological polar surface area (TPSA) is 73.3 Å². The first-order valence-corrected chi connectivity index (χ1v) is 11.2. The Hall–Kier alpha value is -2.93. The fourth-order valence-electron chi connectivity index (χ4n) is 4.09. The van der Waals surface area contributed by atoms with Crippen LogP contribution in [0.4, 0.5) is 0 Å². The van der Waals surface area contributed by atoms with Crippen molar-refractivity contribution in [1.29, 1.82) is 0 Å². The van der Waals surface area contributed by atoms with Gasteiger partial charge < -0.3 is 29.6 Å². The highest BCUT2D eigenvalue weighted by Gasteiger charge is 2.22. The van der Waals surface area contributed by atoms with Crippen LogP contribution in [-0.2, 0) is 24.2 Å². The number of fused-ring (bicyclic) bond motifs is 1. The van der Waals surface area contributed by atoms with E-state index in [1.165, 1.54) is 11.1 Å². The quantitative estimate of drug-likeness (QED) is 0.509. The molecule has 1 saturated heterocycles. The highest BCUT2D eigenvalue weighted by atomic mass is 16.5. The van der Waals surface area contributed by atoms with Gasteiger partial charge in [0.1, 0.15) is 29.5 Å². The number of nitrogens with one attached hydrogen (secondary N) is 2. The summed E-state index contributed by atoms with van der Waals surface area (Å²) >= 11 is 0. The van der Waals surface area contributed by atoms with E-state index >= 15 is 0 Å². The van der Waals surface area contributed by atoms with E-state index in [9.17, 15) is 0 Å². The van der Waals surface area contributed by atoms with E-state index in [-0.39, 0.29) is 12.2 Å². The molecular formula is C25H33N3O4. The molecule has 0 saturated carbocycles. The highest BCUT2D eigenvalue weighted by Crippen LogP contribution is 2.35. The molecule has 2 unspecified atom stereocenters. The van der Waals surface area contributed by atoms with Crippen LogP contribution >= 0.6 is 0 Å². The van der Waals surface area contributed by atoms with Crippen molar-refractivity contribution in [2.75, 3.05) is 27.4 Å². The first-order chi connectivity index (χ1) is 15.6. The number of ether oxygens (including phenoxy) is 4. The van der Waals surface area contributed by atoms with E-state index in [1.807, 2.05) is 0 Å². The van der Waals surface area contributed by atoms with Crippen LogP contribution in [0.1, 0.15) is 35.6 Å². The van der Waals surface area contributed by atoms with Gasteiger partial charge in [0.25, 0.3) is 0 Å². The molecule has 0 bridgehead atoms. The number of guanidine groups is 1. The lowest BCUT2D eigenvalue weighted by Gasteiger charge is -2.18. The smallest absolute Gasteiger partial charge is 0.191 e. The lowest BCUT2D eigenvalue weighted by atomic mass is 10.1. The molecule has 2 aromatic carbocycles. The molecule has 2 heterocycles. The number of aryl methyl sites for hydroxylation is 1. The molecule has 1 fully saturated rings. The Bertz CT molecular complexity index is 970. The van der Waals surface area contributed by atoms with Crippen LogP contribution in [-0.4, -0.2) is 45.5 Å². The third-order valence-corrected chi connectivity index (χ3v) is 5.82. The largest absolute Gasteiger partial charge is 0.496 e. The van der Waals surface area contributed by atoms with Crippen LogP contribution in [0.25, 0.3) is 0 Å². The minimum Gasteiger partial charge on any atom is -0.496 e. The third-order valence-electron chi connectivity index (χ3n) is 5.82. The third kappa shape index (κ3) is 5.27. The standard InChI is InChI=1S/C25H33N3O4/c1-16-5-6-18(23(9-16)32-21-7-8-30-15-21)13-27-25(26-3)28-14-20-12-24-19(10-17(2)31-24)11-22(20)29-4/h5-6,9,11-12,17,21H,7-8,10,13-15H2,1-4H3,(H2,26,27,28). The molecule has 0 aliphatic carbocycles. The summed E-state index contributed by atoms with van der Waals surface area (Å²) in [5.74, 6) is 3.40. The minimum atomic E-state index is 0.116. The van der Waals surface area contributed by atoms with Gasteiger partial charge in [0.05, 0.1) is 20.3 Å². The fourth-order valence-corrected chi connectivity index (χ4v) is 4.09. The van der Waals surface area contributed by atoms with Crippen LogP contribution in [0.5, 0.6) is 17.2 Å². The van der Waals surface area contributed by atoms with E-state index < -0.39 is 0 Å². The molecule has 0 radical (unpaired) electrons. The van der Waals surface area contributed by atoms with Gasteiger partial charge in [-0.1, -0.05) is 12.1 Å². The normalized spacial score (nSPS) is 19.9. The molecule has 2 aliphatic rings. The summed E-state index contributed by atoms with van der Waals surface area (Å²) < 4.78 is 23.2. The van der Waals surface area contributed by atoms with Gasteiger partial charge in [-0.2, -0.15) is 0 Å². The van der Waals surface area contributed by atoms with Crippen molar-refractivity contribution in [2.45, 2.75) is 52.0 Å². The molecular weight excluding hydrogens is 406 g/mol. The molecule has 2 aromatic rings. The van der Waals surface area contributed by atoms with Gasteiger partial charge in [-0.15, -0.1) is 0 Å². The van der Waals surface area contributed by atoms with Crippen LogP contribution < -0.4 is 24.8 Å². The van der Waals surface area contributed by atoms with Crippen LogP contribution in [0, 0.1) is 6.92 Å². The zero-order chi connectivity index (χ0) is 22.5.